The van der Waals surface area contributed by atoms with Crippen molar-refractivity contribution in [1.82, 2.24) is 0 Å². The normalized spacial score (nSPS) is 18.4. The molecule has 1 aliphatic carbocycles. The molecule has 0 N–H and O–H groups in total. The summed E-state index contributed by atoms with van der Waals surface area (Å²) in [6, 6.07) is 0. The quantitative estimate of drug-likeness (QED) is 0.525. The smallest absolute Gasteiger partial charge is 0.0108 e. The maximum Gasteiger partial charge on any atom is -0.0108 e. The van der Waals surface area contributed by atoms with Gasteiger partial charge in [-0.3, -0.25) is 0 Å². The van der Waals surface area contributed by atoms with E-state index in [1.54, 1.807) is 5.57 Å². The lowest BCUT2D eigenvalue weighted by Crippen LogP contribution is -1.87. The number of hydrogen-bond acceptors (Lipinski definition) is 0. The van der Waals surface area contributed by atoms with Gasteiger partial charge in [0.15, 0.2) is 0 Å². The molecule has 0 unspecified atom stereocenters. The molecule has 0 atom stereocenters. The molecule has 0 aromatic rings. The molecule has 0 bridgehead atoms. The molecule has 0 nitrogen and oxygen atoms in total. The Hall–Kier alpha value is -0.780. The van der Waals surface area contributed by atoms with E-state index in [-0.39, 0.29) is 0 Å². The van der Waals surface area contributed by atoms with Gasteiger partial charge >= 0.3 is 0 Å². The van der Waals surface area contributed by atoms with E-state index in [0.29, 0.717) is 0 Å². The third-order valence-electron chi connectivity index (χ3n) is 2.09. The highest BCUT2D eigenvalue weighted by molar-refractivity contribution is 5.20. The Bertz CT molecular complexity index is 204. The minimum absolute atomic E-state index is 1.13. The average molecular weight is 148 g/mol. The van der Waals surface area contributed by atoms with Crippen molar-refractivity contribution in [3.8, 4) is 0 Å². The molecule has 0 saturated carbocycles. The van der Waals surface area contributed by atoms with E-state index < -0.39 is 0 Å². The second kappa shape index (κ2) is 4.17. The molecule has 0 saturated heterocycles. The SMILES string of the molecule is CC=C(C)CC1=CCC=CC1. The van der Waals surface area contributed by atoms with Crippen molar-refractivity contribution in [2.24, 2.45) is 0 Å². The lowest BCUT2D eigenvalue weighted by atomic mass is 9.99. The predicted molar refractivity (Wildman–Crippen MR) is 50.5 cm³/mol. The van der Waals surface area contributed by atoms with E-state index >= 15 is 0 Å². The van der Waals surface area contributed by atoms with E-state index in [9.17, 15) is 0 Å². The fourth-order valence-corrected chi connectivity index (χ4v) is 1.25. The van der Waals surface area contributed by atoms with Crippen LogP contribution in [-0.4, -0.2) is 0 Å². The molecule has 1 aliphatic rings. The first-order chi connectivity index (χ1) is 5.33. The van der Waals surface area contributed by atoms with Crippen LogP contribution >= 0.6 is 0 Å². The largest absolute Gasteiger partial charge is 0.0884 e. The molecule has 0 heterocycles. The standard InChI is InChI=1S/C11H16/c1-3-10(2)9-11-7-5-4-6-8-11/h3-5,8H,6-7,9H2,1-2H3. The van der Waals surface area contributed by atoms with Crippen molar-refractivity contribution in [3.63, 3.8) is 0 Å². The van der Waals surface area contributed by atoms with Crippen molar-refractivity contribution >= 4 is 0 Å². The van der Waals surface area contributed by atoms with E-state index in [2.05, 4.69) is 38.2 Å². The predicted octanol–water partition coefficient (Wildman–Crippen LogP) is 3.62. The van der Waals surface area contributed by atoms with Crippen LogP contribution in [0.4, 0.5) is 0 Å². The third kappa shape index (κ3) is 2.75. The van der Waals surface area contributed by atoms with Gasteiger partial charge in [0.1, 0.15) is 0 Å². The molecule has 0 heteroatoms. The van der Waals surface area contributed by atoms with Gasteiger partial charge in [0, 0.05) is 0 Å². The maximum atomic E-state index is 2.34. The zero-order chi connectivity index (χ0) is 8.10. The molecule has 0 amide bonds. The first-order valence-corrected chi connectivity index (χ1v) is 4.27. The van der Waals surface area contributed by atoms with Crippen LogP contribution in [0.25, 0.3) is 0 Å². The zero-order valence-electron chi connectivity index (χ0n) is 7.43. The summed E-state index contributed by atoms with van der Waals surface area (Å²) in [7, 11) is 0. The van der Waals surface area contributed by atoms with Crippen LogP contribution < -0.4 is 0 Å². The van der Waals surface area contributed by atoms with Crippen LogP contribution in [0.3, 0.4) is 0 Å². The fraction of sp³-hybridized carbons (Fsp3) is 0.455. The highest BCUT2D eigenvalue weighted by Crippen LogP contribution is 2.18. The van der Waals surface area contributed by atoms with E-state index in [1.807, 2.05) is 0 Å². The summed E-state index contributed by atoms with van der Waals surface area (Å²) in [5, 5.41) is 0. The van der Waals surface area contributed by atoms with Crippen molar-refractivity contribution in [3.05, 3.63) is 35.5 Å². The Kier molecular flexibility index (Phi) is 3.15. The molecule has 0 spiro atoms. The molecule has 0 aromatic carbocycles. The Balaban J connectivity index is 2.43. The molecule has 11 heavy (non-hydrogen) atoms. The summed E-state index contributed by atoms with van der Waals surface area (Å²) in [6.07, 6.45) is 12.5. The van der Waals surface area contributed by atoms with Gasteiger partial charge in [0.05, 0.1) is 0 Å². The van der Waals surface area contributed by atoms with E-state index in [1.165, 1.54) is 12.0 Å². The van der Waals surface area contributed by atoms with Gasteiger partial charge in [-0.15, -0.1) is 0 Å². The lowest BCUT2D eigenvalue weighted by Gasteiger charge is -2.07. The molecule has 60 valence electrons. The molecule has 0 fully saturated rings. The summed E-state index contributed by atoms with van der Waals surface area (Å²) < 4.78 is 0. The van der Waals surface area contributed by atoms with E-state index in [0.717, 1.165) is 12.8 Å². The number of rotatable bonds is 2. The second-order valence-corrected chi connectivity index (χ2v) is 3.09. The first-order valence-electron chi connectivity index (χ1n) is 4.27. The summed E-state index contributed by atoms with van der Waals surface area (Å²) >= 11 is 0. The zero-order valence-corrected chi connectivity index (χ0v) is 7.43. The second-order valence-electron chi connectivity index (χ2n) is 3.09. The molecule has 0 aliphatic heterocycles. The summed E-state index contributed by atoms with van der Waals surface area (Å²) in [4.78, 5) is 0. The summed E-state index contributed by atoms with van der Waals surface area (Å²) in [5.74, 6) is 0. The van der Waals surface area contributed by atoms with Crippen LogP contribution in [0.5, 0.6) is 0 Å². The van der Waals surface area contributed by atoms with Gasteiger partial charge in [-0.2, -0.15) is 0 Å². The van der Waals surface area contributed by atoms with Crippen LogP contribution in [0, 0.1) is 0 Å². The minimum Gasteiger partial charge on any atom is -0.0884 e. The molecule has 0 radical (unpaired) electrons. The summed E-state index contributed by atoms with van der Waals surface area (Å²) in [6.45, 7) is 4.30. The van der Waals surface area contributed by atoms with Gasteiger partial charge < -0.3 is 0 Å². The van der Waals surface area contributed by atoms with Crippen molar-refractivity contribution in [2.45, 2.75) is 33.1 Å². The fourth-order valence-electron chi connectivity index (χ4n) is 1.25. The Labute approximate surface area is 69.3 Å². The first kappa shape index (κ1) is 8.32. The Morgan fingerprint density at radius 2 is 2.36 bits per heavy atom. The number of allylic oxidation sites excluding steroid dienone is 6. The monoisotopic (exact) mass is 148 g/mol. The molecular weight excluding hydrogens is 132 g/mol. The van der Waals surface area contributed by atoms with Gasteiger partial charge in [-0.25, -0.2) is 0 Å². The van der Waals surface area contributed by atoms with Gasteiger partial charge in [-0.05, 0) is 33.1 Å². The van der Waals surface area contributed by atoms with Crippen LogP contribution in [-0.2, 0) is 0 Å². The molecule has 0 aromatic heterocycles. The van der Waals surface area contributed by atoms with Crippen LogP contribution in [0.1, 0.15) is 33.1 Å². The molecular formula is C11H16. The highest BCUT2D eigenvalue weighted by Gasteiger charge is 1.98. The van der Waals surface area contributed by atoms with Crippen molar-refractivity contribution in [2.75, 3.05) is 0 Å². The van der Waals surface area contributed by atoms with Crippen LogP contribution in [0.15, 0.2) is 35.5 Å². The Morgan fingerprint density at radius 3 is 2.91 bits per heavy atom. The minimum atomic E-state index is 1.13. The summed E-state index contributed by atoms with van der Waals surface area (Å²) in [5.41, 5.74) is 3.05. The Morgan fingerprint density at radius 1 is 1.55 bits per heavy atom. The molecule has 1 rings (SSSR count). The van der Waals surface area contributed by atoms with Crippen molar-refractivity contribution in [1.29, 1.82) is 0 Å². The van der Waals surface area contributed by atoms with Gasteiger partial charge in [0.25, 0.3) is 0 Å². The maximum absolute atomic E-state index is 2.34. The third-order valence-corrected chi connectivity index (χ3v) is 2.09. The average Bonchev–Trinajstić information content (AvgIpc) is 2.06. The van der Waals surface area contributed by atoms with Crippen LogP contribution in [0.2, 0.25) is 0 Å². The van der Waals surface area contributed by atoms with E-state index in [4.69, 9.17) is 0 Å². The van der Waals surface area contributed by atoms with Crippen molar-refractivity contribution < 1.29 is 0 Å². The topological polar surface area (TPSA) is 0 Å². The lowest BCUT2D eigenvalue weighted by molar-refractivity contribution is 1.000. The number of hydrogen-bond donors (Lipinski definition) is 0. The van der Waals surface area contributed by atoms with Gasteiger partial charge in [0.2, 0.25) is 0 Å². The highest BCUT2D eigenvalue weighted by atomic mass is 14.0. The van der Waals surface area contributed by atoms with Gasteiger partial charge in [-0.1, -0.05) is 35.5 Å².